The quantitative estimate of drug-likeness (QED) is 0.889. The topological polar surface area (TPSA) is 62.8 Å². The Balaban J connectivity index is 1.69. The summed E-state index contributed by atoms with van der Waals surface area (Å²) in [5.74, 6) is 2.07. The van der Waals surface area contributed by atoms with Gasteiger partial charge in [-0.2, -0.15) is 0 Å². The standard InChI is InChI=1S/C16H22N4O/c1-2-12(10-21-9-1)15-19-14-13(5-8-18-16(14)20-15)11-3-6-17-7-4-11/h5,8,11-12,17H,1-4,6-7,9-10H2,(H,18,19,20)/t12-/m0/s1. The average Bonchev–Trinajstić information content (AvgIpc) is 3.00. The summed E-state index contributed by atoms with van der Waals surface area (Å²) in [5.41, 5.74) is 3.40. The number of piperidine rings is 1. The van der Waals surface area contributed by atoms with E-state index in [0.29, 0.717) is 11.8 Å². The van der Waals surface area contributed by atoms with Crippen LogP contribution >= 0.6 is 0 Å². The largest absolute Gasteiger partial charge is 0.381 e. The molecule has 0 spiro atoms. The van der Waals surface area contributed by atoms with Crippen molar-refractivity contribution in [3.8, 4) is 0 Å². The van der Waals surface area contributed by atoms with Crippen LogP contribution in [0, 0.1) is 0 Å². The third-order valence-electron chi connectivity index (χ3n) is 4.77. The molecule has 2 aliphatic heterocycles. The lowest BCUT2D eigenvalue weighted by molar-refractivity contribution is 0.0784. The Hall–Kier alpha value is -1.46. The smallest absolute Gasteiger partial charge is 0.177 e. The highest BCUT2D eigenvalue weighted by molar-refractivity contribution is 5.75. The zero-order valence-electron chi connectivity index (χ0n) is 12.3. The van der Waals surface area contributed by atoms with Crippen LogP contribution in [0.2, 0.25) is 0 Å². The van der Waals surface area contributed by atoms with Crippen molar-refractivity contribution in [1.29, 1.82) is 0 Å². The van der Waals surface area contributed by atoms with E-state index in [4.69, 9.17) is 9.72 Å². The summed E-state index contributed by atoms with van der Waals surface area (Å²) in [4.78, 5) is 12.7. The van der Waals surface area contributed by atoms with Crippen molar-refractivity contribution in [2.24, 2.45) is 0 Å². The van der Waals surface area contributed by atoms with Crippen molar-refractivity contribution in [2.75, 3.05) is 26.3 Å². The van der Waals surface area contributed by atoms with E-state index in [2.05, 4.69) is 21.4 Å². The second kappa shape index (κ2) is 5.73. The van der Waals surface area contributed by atoms with Gasteiger partial charge in [-0.15, -0.1) is 0 Å². The number of rotatable bonds is 2. The first kappa shape index (κ1) is 13.2. The van der Waals surface area contributed by atoms with Gasteiger partial charge in [-0.25, -0.2) is 9.97 Å². The summed E-state index contributed by atoms with van der Waals surface area (Å²) in [5, 5.41) is 3.43. The molecule has 2 aromatic heterocycles. The predicted molar refractivity (Wildman–Crippen MR) is 81.5 cm³/mol. The molecule has 0 amide bonds. The highest BCUT2D eigenvalue weighted by Crippen LogP contribution is 2.31. The van der Waals surface area contributed by atoms with Crippen LogP contribution < -0.4 is 5.32 Å². The monoisotopic (exact) mass is 286 g/mol. The van der Waals surface area contributed by atoms with Gasteiger partial charge in [0.25, 0.3) is 0 Å². The van der Waals surface area contributed by atoms with Crippen LogP contribution in [-0.4, -0.2) is 41.3 Å². The number of nitrogens with one attached hydrogen (secondary N) is 2. The maximum atomic E-state index is 5.59. The molecule has 2 aromatic rings. The van der Waals surface area contributed by atoms with E-state index in [-0.39, 0.29) is 0 Å². The molecule has 0 bridgehead atoms. The maximum Gasteiger partial charge on any atom is 0.177 e. The van der Waals surface area contributed by atoms with Crippen molar-refractivity contribution >= 4 is 11.2 Å². The summed E-state index contributed by atoms with van der Waals surface area (Å²) >= 11 is 0. The summed E-state index contributed by atoms with van der Waals surface area (Å²) < 4.78 is 5.59. The third kappa shape index (κ3) is 2.56. The summed E-state index contributed by atoms with van der Waals surface area (Å²) in [6.07, 6.45) is 6.57. The molecule has 5 heteroatoms. The van der Waals surface area contributed by atoms with Crippen LogP contribution in [0.1, 0.15) is 48.9 Å². The van der Waals surface area contributed by atoms with Gasteiger partial charge < -0.3 is 15.0 Å². The second-order valence-electron chi connectivity index (χ2n) is 6.16. The molecule has 2 aliphatic rings. The number of hydrogen-bond donors (Lipinski definition) is 2. The second-order valence-corrected chi connectivity index (χ2v) is 6.16. The van der Waals surface area contributed by atoms with Crippen LogP contribution in [0.3, 0.4) is 0 Å². The van der Waals surface area contributed by atoms with Crippen molar-refractivity contribution in [1.82, 2.24) is 20.3 Å². The average molecular weight is 286 g/mol. The fourth-order valence-corrected chi connectivity index (χ4v) is 3.57. The zero-order chi connectivity index (χ0) is 14.1. The van der Waals surface area contributed by atoms with Gasteiger partial charge in [-0.05, 0) is 56.3 Å². The normalized spacial score (nSPS) is 24.5. The summed E-state index contributed by atoms with van der Waals surface area (Å²) in [6, 6.07) is 2.16. The lowest BCUT2D eigenvalue weighted by Gasteiger charge is -2.23. The van der Waals surface area contributed by atoms with E-state index >= 15 is 0 Å². The van der Waals surface area contributed by atoms with Crippen LogP contribution in [0.25, 0.3) is 11.2 Å². The minimum absolute atomic E-state index is 0.397. The number of nitrogens with zero attached hydrogens (tertiary/aromatic N) is 2. The minimum Gasteiger partial charge on any atom is -0.381 e. The zero-order valence-corrected chi connectivity index (χ0v) is 12.3. The van der Waals surface area contributed by atoms with Gasteiger partial charge in [0, 0.05) is 18.7 Å². The molecule has 0 aliphatic carbocycles. The van der Waals surface area contributed by atoms with E-state index < -0.39 is 0 Å². The number of aromatic nitrogens is 3. The highest BCUT2D eigenvalue weighted by atomic mass is 16.5. The van der Waals surface area contributed by atoms with Gasteiger partial charge in [0.05, 0.1) is 12.1 Å². The number of pyridine rings is 1. The van der Waals surface area contributed by atoms with Crippen molar-refractivity contribution in [3.05, 3.63) is 23.7 Å². The number of ether oxygens (including phenoxy) is 1. The molecule has 1 atom stereocenters. The Morgan fingerprint density at radius 2 is 2.05 bits per heavy atom. The third-order valence-corrected chi connectivity index (χ3v) is 4.77. The molecule has 0 radical (unpaired) electrons. The number of fused-ring (bicyclic) bond motifs is 1. The molecule has 2 N–H and O–H groups in total. The van der Waals surface area contributed by atoms with Gasteiger partial charge in [0.2, 0.25) is 0 Å². The molecule has 4 heterocycles. The van der Waals surface area contributed by atoms with Crippen LogP contribution in [0.5, 0.6) is 0 Å². The predicted octanol–water partition coefficient (Wildman–Crippen LogP) is 2.32. The summed E-state index contributed by atoms with van der Waals surface area (Å²) in [6.45, 7) is 3.87. The highest BCUT2D eigenvalue weighted by Gasteiger charge is 2.23. The minimum atomic E-state index is 0.397. The van der Waals surface area contributed by atoms with Gasteiger partial charge in [0.1, 0.15) is 5.82 Å². The van der Waals surface area contributed by atoms with E-state index in [9.17, 15) is 0 Å². The molecule has 112 valence electrons. The number of H-pyrrole nitrogens is 1. The fourth-order valence-electron chi connectivity index (χ4n) is 3.57. The first-order valence-electron chi connectivity index (χ1n) is 8.05. The Labute approximate surface area is 124 Å². The Bertz CT molecular complexity index is 612. The fraction of sp³-hybridized carbons (Fsp3) is 0.625. The van der Waals surface area contributed by atoms with Gasteiger partial charge >= 0.3 is 0 Å². The van der Waals surface area contributed by atoms with E-state index in [0.717, 1.165) is 56.1 Å². The van der Waals surface area contributed by atoms with Gasteiger partial charge in [0.15, 0.2) is 5.65 Å². The number of hydrogen-bond acceptors (Lipinski definition) is 4. The molecule has 0 unspecified atom stereocenters. The van der Waals surface area contributed by atoms with Gasteiger partial charge in [-0.3, -0.25) is 0 Å². The number of aromatic amines is 1. The molecule has 0 aromatic carbocycles. The molecular formula is C16H22N4O. The molecular weight excluding hydrogens is 264 g/mol. The van der Waals surface area contributed by atoms with E-state index in [1.54, 1.807) is 0 Å². The number of imidazole rings is 1. The van der Waals surface area contributed by atoms with Crippen LogP contribution in [0.15, 0.2) is 12.3 Å². The lowest BCUT2D eigenvalue weighted by atomic mass is 9.90. The Morgan fingerprint density at radius 3 is 2.86 bits per heavy atom. The maximum absolute atomic E-state index is 5.59. The molecule has 5 nitrogen and oxygen atoms in total. The Kier molecular flexibility index (Phi) is 3.61. The van der Waals surface area contributed by atoms with E-state index in [1.165, 1.54) is 18.4 Å². The SMILES string of the molecule is c1cc(C2CCNCC2)c2[nH]c([C@H]3CCCOC3)nc2n1. The van der Waals surface area contributed by atoms with Crippen molar-refractivity contribution in [2.45, 2.75) is 37.5 Å². The summed E-state index contributed by atoms with van der Waals surface area (Å²) in [7, 11) is 0. The lowest BCUT2D eigenvalue weighted by Crippen LogP contribution is -2.26. The van der Waals surface area contributed by atoms with E-state index in [1.807, 2.05) is 6.20 Å². The van der Waals surface area contributed by atoms with Crippen molar-refractivity contribution in [3.63, 3.8) is 0 Å². The van der Waals surface area contributed by atoms with Crippen LogP contribution in [-0.2, 0) is 4.74 Å². The molecule has 21 heavy (non-hydrogen) atoms. The first-order valence-corrected chi connectivity index (χ1v) is 8.05. The Morgan fingerprint density at radius 1 is 1.14 bits per heavy atom. The van der Waals surface area contributed by atoms with Crippen LogP contribution in [0.4, 0.5) is 0 Å². The molecule has 0 saturated carbocycles. The first-order chi connectivity index (χ1) is 10.4. The molecule has 4 rings (SSSR count). The van der Waals surface area contributed by atoms with Gasteiger partial charge in [-0.1, -0.05) is 0 Å². The van der Waals surface area contributed by atoms with Crippen molar-refractivity contribution < 1.29 is 4.74 Å². The molecule has 2 fully saturated rings. The molecule has 2 saturated heterocycles.